The van der Waals surface area contributed by atoms with Gasteiger partial charge in [0.25, 0.3) is 0 Å². The molecule has 0 radical (unpaired) electrons. The number of carbonyl (C=O) groups excluding carboxylic acids is 1. The van der Waals surface area contributed by atoms with Crippen molar-refractivity contribution in [1.29, 1.82) is 0 Å². The van der Waals surface area contributed by atoms with Crippen LogP contribution in [0.1, 0.15) is 23.6 Å². The zero-order chi connectivity index (χ0) is 16.9. The Balaban J connectivity index is 1.63. The Labute approximate surface area is 143 Å². The van der Waals surface area contributed by atoms with Gasteiger partial charge in [0.1, 0.15) is 0 Å². The fourth-order valence-corrected chi connectivity index (χ4v) is 3.39. The highest BCUT2D eigenvalue weighted by Crippen LogP contribution is 2.29. The number of anilines is 1. The molecule has 2 aromatic carbocycles. The summed E-state index contributed by atoms with van der Waals surface area (Å²) >= 11 is 0. The number of aliphatic hydroxyl groups excluding tert-OH is 1. The molecule has 4 heteroatoms. The molecule has 1 aliphatic rings. The lowest BCUT2D eigenvalue weighted by Crippen LogP contribution is -2.40. The number of aliphatic hydroxyl groups is 1. The van der Waals surface area contributed by atoms with E-state index >= 15 is 0 Å². The van der Waals surface area contributed by atoms with Crippen molar-refractivity contribution < 1.29 is 9.90 Å². The van der Waals surface area contributed by atoms with Crippen LogP contribution in [0.5, 0.6) is 0 Å². The number of carbonyl (C=O) groups is 1. The summed E-state index contributed by atoms with van der Waals surface area (Å²) < 4.78 is 0. The summed E-state index contributed by atoms with van der Waals surface area (Å²) in [5.74, 6) is 0.0942. The second-order valence-electron chi connectivity index (χ2n) is 6.22. The lowest BCUT2D eigenvalue weighted by atomic mass is 9.93. The van der Waals surface area contributed by atoms with Gasteiger partial charge in [0.05, 0.1) is 12.6 Å². The Morgan fingerprint density at radius 1 is 1.17 bits per heavy atom. The molecule has 126 valence electrons. The van der Waals surface area contributed by atoms with Crippen LogP contribution >= 0.6 is 0 Å². The second-order valence-corrected chi connectivity index (χ2v) is 6.22. The number of hydrogen-bond acceptors (Lipinski definition) is 3. The van der Waals surface area contributed by atoms with Crippen molar-refractivity contribution >= 4 is 11.6 Å². The molecule has 0 spiro atoms. The second kappa shape index (κ2) is 7.60. The number of benzene rings is 2. The minimum Gasteiger partial charge on any atom is -0.394 e. The van der Waals surface area contributed by atoms with Gasteiger partial charge in [-0.2, -0.15) is 0 Å². The van der Waals surface area contributed by atoms with E-state index in [9.17, 15) is 9.90 Å². The standard InChI is InChI=1S/C20H24N2O2/c1-21(17-8-3-2-4-9-17)20(24)12-14-22-13-11-16-7-5-6-10-18(16)19(22)15-23/h2-10,19,23H,11-15H2,1H3. The highest BCUT2D eigenvalue weighted by Gasteiger charge is 2.27. The van der Waals surface area contributed by atoms with Crippen LogP contribution in [0.4, 0.5) is 5.69 Å². The van der Waals surface area contributed by atoms with E-state index in [0.717, 1.165) is 18.7 Å². The minimum atomic E-state index is -0.00946. The Morgan fingerprint density at radius 2 is 1.88 bits per heavy atom. The first kappa shape index (κ1) is 16.7. The van der Waals surface area contributed by atoms with Gasteiger partial charge < -0.3 is 10.0 Å². The average molecular weight is 324 g/mol. The molecule has 1 atom stereocenters. The number of para-hydroxylation sites is 1. The summed E-state index contributed by atoms with van der Waals surface area (Å²) in [7, 11) is 1.81. The monoisotopic (exact) mass is 324 g/mol. The largest absolute Gasteiger partial charge is 0.394 e. The van der Waals surface area contributed by atoms with E-state index in [1.54, 1.807) is 4.90 Å². The van der Waals surface area contributed by atoms with E-state index in [-0.39, 0.29) is 18.6 Å². The summed E-state index contributed by atoms with van der Waals surface area (Å²) in [5, 5.41) is 9.82. The van der Waals surface area contributed by atoms with Crippen molar-refractivity contribution in [2.75, 3.05) is 31.6 Å². The van der Waals surface area contributed by atoms with Crippen molar-refractivity contribution in [3.63, 3.8) is 0 Å². The van der Waals surface area contributed by atoms with E-state index in [2.05, 4.69) is 17.0 Å². The predicted octanol–water partition coefficient (Wildman–Crippen LogP) is 2.63. The first-order valence-electron chi connectivity index (χ1n) is 8.45. The molecule has 1 aliphatic heterocycles. The number of hydrogen-bond donors (Lipinski definition) is 1. The molecule has 0 aliphatic carbocycles. The van der Waals surface area contributed by atoms with Gasteiger partial charge in [-0.15, -0.1) is 0 Å². The number of nitrogens with zero attached hydrogens (tertiary/aromatic N) is 2. The van der Waals surface area contributed by atoms with E-state index < -0.39 is 0 Å². The van der Waals surface area contributed by atoms with Crippen LogP contribution < -0.4 is 4.90 Å². The van der Waals surface area contributed by atoms with Gasteiger partial charge in [-0.05, 0) is 29.7 Å². The third-order valence-electron chi connectivity index (χ3n) is 4.83. The lowest BCUT2D eigenvalue weighted by Gasteiger charge is -2.36. The molecule has 0 fully saturated rings. The van der Waals surface area contributed by atoms with Crippen LogP contribution in [0.3, 0.4) is 0 Å². The average Bonchev–Trinajstić information content (AvgIpc) is 2.65. The van der Waals surface area contributed by atoms with Gasteiger partial charge in [-0.1, -0.05) is 42.5 Å². The maximum Gasteiger partial charge on any atom is 0.228 e. The molecule has 1 unspecified atom stereocenters. The third kappa shape index (κ3) is 3.50. The predicted molar refractivity (Wildman–Crippen MR) is 96.0 cm³/mol. The molecule has 3 rings (SSSR count). The van der Waals surface area contributed by atoms with Gasteiger partial charge in [-0.3, -0.25) is 9.69 Å². The van der Waals surface area contributed by atoms with Crippen LogP contribution in [0.2, 0.25) is 0 Å². The van der Waals surface area contributed by atoms with Gasteiger partial charge in [0.15, 0.2) is 0 Å². The van der Waals surface area contributed by atoms with Crippen molar-refractivity contribution in [2.45, 2.75) is 18.9 Å². The summed E-state index contributed by atoms with van der Waals surface area (Å²) in [4.78, 5) is 16.4. The van der Waals surface area contributed by atoms with Crippen LogP contribution in [0.15, 0.2) is 54.6 Å². The number of fused-ring (bicyclic) bond motifs is 1. The quantitative estimate of drug-likeness (QED) is 0.919. The first-order chi connectivity index (χ1) is 11.7. The summed E-state index contributed by atoms with van der Waals surface area (Å²) in [6, 6.07) is 17.9. The molecular weight excluding hydrogens is 300 g/mol. The maximum absolute atomic E-state index is 12.5. The Bertz CT molecular complexity index is 687. The molecule has 0 saturated heterocycles. The SMILES string of the molecule is CN(C(=O)CCN1CCc2ccccc2C1CO)c1ccccc1. The summed E-state index contributed by atoms with van der Waals surface area (Å²) in [6.07, 6.45) is 1.42. The van der Waals surface area contributed by atoms with Gasteiger partial charge in [0.2, 0.25) is 5.91 Å². The van der Waals surface area contributed by atoms with E-state index in [1.807, 2.05) is 49.5 Å². The Morgan fingerprint density at radius 3 is 2.62 bits per heavy atom. The molecule has 1 amide bonds. The van der Waals surface area contributed by atoms with Gasteiger partial charge in [-0.25, -0.2) is 0 Å². The number of amides is 1. The Kier molecular flexibility index (Phi) is 5.28. The topological polar surface area (TPSA) is 43.8 Å². The van der Waals surface area contributed by atoms with Gasteiger partial charge in [0, 0.05) is 32.2 Å². The minimum absolute atomic E-state index is 0.00946. The van der Waals surface area contributed by atoms with Gasteiger partial charge >= 0.3 is 0 Å². The van der Waals surface area contributed by atoms with Crippen molar-refractivity contribution in [1.82, 2.24) is 4.90 Å². The Hall–Kier alpha value is -2.17. The molecule has 4 nitrogen and oxygen atoms in total. The molecule has 1 heterocycles. The molecule has 2 aromatic rings. The fraction of sp³-hybridized carbons (Fsp3) is 0.350. The first-order valence-corrected chi connectivity index (χ1v) is 8.45. The lowest BCUT2D eigenvalue weighted by molar-refractivity contribution is -0.118. The number of rotatable bonds is 5. The van der Waals surface area contributed by atoms with E-state index in [4.69, 9.17) is 0 Å². The fourth-order valence-electron chi connectivity index (χ4n) is 3.39. The molecule has 24 heavy (non-hydrogen) atoms. The normalized spacial score (nSPS) is 17.3. The van der Waals surface area contributed by atoms with Crippen molar-refractivity contribution in [3.8, 4) is 0 Å². The highest BCUT2D eigenvalue weighted by molar-refractivity contribution is 5.92. The summed E-state index contributed by atoms with van der Waals surface area (Å²) in [5.41, 5.74) is 3.40. The summed E-state index contributed by atoms with van der Waals surface area (Å²) in [6.45, 7) is 1.62. The van der Waals surface area contributed by atoms with Crippen LogP contribution in [0.25, 0.3) is 0 Å². The molecule has 0 bridgehead atoms. The van der Waals surface area contributed by atoms with Crippen LogP contribution in [-0.2, 0) is 11.2 Å². The molecule has 1 N–H and O–H groups in total. The zero-order valence-electron chi connectivity index (χ0n) is 14.1. The third-order valence-corrected chi connectivity index (χ3v) is 4.83. The van der Waals surface area contributed by atoms with Crippen LogP contribution in [0, 0.1) is 0 Å². The smallest absolute Gasteiger partial charge is 0.228 e. The maximum atomic E-state index is 12.5. The van der Waals surface area contributed by atoms with E-state index in [1.165, 1.54) is 11.1 Å². The molecule has 0 aromatic heterocycles. The van der Waals surface area contributed by atoms with Crippen molar-refractivity contribution in [3.05, 3.63) is 65.7 Å². The molecular formula is C20H24N2O2. The highest BCUT2D eigenvalue weighted by atomic mass is 16.3. The van der Waals surface area contributed by atoms with Crippen LogP contribution in [-0.4, -0.2) is 42.7 Å². The molecule has 0 saturated carbocycles. The van der Waals surface area contributed by atoms with E-state index in [0.29, 0.717) is 13.0 Å². The zero-order valence-corrected chi connectivity index (χ0v) is 14.1. The van der Waals surface area contributed by atoms with Crippen molar-refractivity contribution in [2.24, 2.45) is 0 Å².